The lowest BCUT2D eigenvalue weighted by Crippen LogP contribution is -2.13. The summed E-state index contributed by atoms with van der Waals surface area (Å²) in [4.78, 5) is 13.0. The second-order valence-corrected chi connectivity index (χ2v) is 6.54. The van der Waals surface area contributed by atoms with E-state index in [2.05, 4.69) is 20.6 Å². The topological polar surface area (TPSA) is 72.2 Å². The van der Waals surface area contributed by atoms with E-state index in [1.807, 2.05) is 20.8 Å². The van der Waals surface area contributed by atoms with Crippen molar-refractivity contribution in [2.24, 2.45) is 0 Å². The fourth-order valence-corrected chi connectivity index (χ4v) is 2.92. The molecule has 6 nitrogen and oxygen atoms in total. The van der Waals surface area contributed by atoms with Crippen LogP contribution in [-0.4, -0.2) is 25.7 Å². The van der Waals surface area contributed by atoms with Gasteiger partial charge in [0.05, 0.1) is 0 Å². The zero-order chi connectivity index (χ0) is 15.9. The monoisotopic (exact) mass is 335 g/mol. The van der Waals surface area contributed by atoms with Crippen LogP contribution in [0.4, 0.5) is 5.69 Å². The summed E-state index contributed by atoms with van der Waals surface area (Å²) in [6, 6.07) is 5.38. The van der Waals surface area contributed by atoms with Gasteiger partial charge in [-0.3, -0.25) is 4.79 Å². The van der Waals surface area contributed by atoms with Gasteiger partial charge in [0.2, 0.25) is 9.97 Å². The molecule has 22 heavy (non-hydrogen) atoms. The molecule has 0 atom stereocenters. The predicted octanol–water partition coefficient (Wildman–Crippen LogP) is 3.52. The molecule has 0 aliphatic carbocycles. The molecule has 2 aromatic heterocycles. The number of amides is 1. The van der Waals surface area contributed by atoms with Gasteiger partial charge in [-0.25, -0.2) is 0 Å². The molecule has 114 valence electrons. The third kappa shape index (κ3) is 2.57. The Hall–Kier alpha value is -1.99. The summed E-state index contributed by atoms with van der Waals surface area (Å²) in [5, 5.41) is 16.2. The maximum absolute atomic E-state index is 12.4. The van der Waals surface area contributed by atoms with Crippen LogP contribution in [0.1, 0.15) is 41.0 Å². The maximum atomic E-state index is 12.4. The van der Waals surface area contributed by atoms with Gasteiger partial charge in [0.25, 0.3) is 5.91 Å². The number of fused-ring (bicyclic) bond motifs is 1. The molecule has 3 rings (SSSR count). The highest BCUT2D eigenvalue weighted by Gasteiger charge is 2.19. The molecule has 0 spiro atoms. The number of nitrogens with one attached hydrogen (secondary N) is 1. The minimum absolute atomic E-state index is 0.184. The summed E-state index contributed by atoms with van der Waals surface area (Å²) in [5.74, 6) is 0.642. The SMILES string of the molecule is Cc1c(Cl)cccc1NC(=O)c1nn2c(C(C)C)nnc2s1. The number of carbonyl (C=O) groups excluding carboxylic acids is 1. The first-order valence-electron chi connectivity index (χ1n) is 6.76. The average Bonchev–Trinajstić information content (AvgIpc) is 3.03. The van der Waals surface area contributed by atoms with Gasteiger partial charge in [-0.1, -0.05) is 42.9 Å². The van der Waals surface area contributed by atoms with Gasteiger partial charge in [-0.2, -0.15) is 4.52 Å². The molecule has 1 N–H and O–H groups in total. The van der Waals surface area contributed by atoms with Crippen LogP contribution in [0.25, 0.3) is 4.96 Å². The highest BCUT2D eigenvalue weighted by Crippen LogP contribution is 2.24. The highest BCUT2D eigenvalue weighted by atomic mass is 35.5. The summed E-state index contributed by atoms with van der Waals surface area (Å²) in [5.41, 5.74) is 1.50. The Labute approximate surface area is 136 Å². The molecule has 0 saturated carbocycles. The highest BCUT2D eigenvalue weighted by molar-refractivity contribution is 7.18. The zero-order valence-electron chi connectivity index (χ0n) is 12.3. The number of benzene rings is 1. The second-order valence-electron chi connectivity index (χ2n) is 5.18. The minimum atomic E-state index is -0.282. The van der Waals surface area contributed by atoms with E-state index in [0.29, 0.717) is 20.7 Å². The lowest BCUT2D eigenvalue weighted by Gasteiger charge is -2.07. The lowest BCUT2D eigenvalue weighted by molar-refractivity contribution is 0.102. The van der Waals surface area contributed by atoms with Gasteiger partial charge >= 0.3 is 0 Å². The normalized spacial score (nSPS) is 11.3. The summed E-state index contributed by atoms with van der Waals surface area (Å²) in [7, 11) is 0. The van der Waals surface area contributed by atoms with E-state index in [1.54, 1.807) is 22.7 Å². The molecule has 0 saturated heterocycles. The van der Waals surface area contributed by atoms with E-state index in [1.165, 1.54) is 11.3 Å². The van der Waals surface area contributed by atoms with Crippen LogP contribution in [-0.2, 0) is 0 Å². The Morgan fingerprint density at radius 2 is 2.14 bits per heavy atom. The van der Waals surface area contributed by atoms with Crippen molar-refractivity contribution in [2.45, 2.75) is 26.7 Å². The number of aromatic nitrogens is 4. The number of halogens is 1. The number of rotatable bonds is 3. The molecule has 1 aromatic carbocycles. The van der Waals surface area contributed by atoms with Gasteiger partial charge < -0.3 is 5.32 Å². The van der Waals surface area contributed by atoms with Crippen molar-refractivity contribution in [3.8, 4) is 0 Å². The van der Waals surface area contributed by atoms with Crippen LogP contribution >= 0.6 is 22.9 Å². The van der Waals surface area contributed by atoms with Crippen molar-refractivity contribution in [1.29, 1.82) is 0 Å². The van der Waals surface area contributed by atoms with Crippen molar-refractivity contribution in [2.75, 3.05) is 5.32 Å². The molecule has 0 fully saturated rings. The zero-order valence-corrected chi connectivity index (χ0v) is 13.9. The first-order chi connectivity index (χ1) is 10.5. The molecule has 0 bridgehead atoms. The standard InChI is InChI=1S/C14H14ClN5OS/c1-7(2)11-17-18-14-20(11)19-13(22-14)12(21)16-10-6-4-5-9(15)8(10)3/h4-7H,1-3H3,(H,16,21). The summed E-state index contributed by atoms with van der Waals surface area (Å²) in [6.45, 7) is 5.86. The fraction of sp³-hybridized carbons (Fsp3) is 0.286. The van der Waals surface area contributed by atoms with Gasteiger partial charge in [0.1, 0.15) is 0 Å². The third-order valence-corrected chi connectivity index (χ3v) is 4.55. The van der Waals surface area contributed by atoms with Crippen LogP contribution in [0.5, 0.6) is 0 Å². The Kier molecular flexibility index (Phi) is 3.84. The average molecular weight is 336 g/mol. The number of hydrogen-bond donors (Lipinski definition) is 1. The number of anilines is 1. The number of carbonyl (C=O) groups is 1. The molecule has 2 heterocycles. The molecular weight excluding hydrogens is 322 g/mol. The van der Waals surface area contributed by atoms with Crippen molar-refractivity contribution in [3.63, 3.8) is 0 Å². The van der Waals surface area contributed by atoms with Crippen molar-refractivity contribution in [3.05, 3.63) is 39.6 Å². The van der Waals surface area contributed by atoms with E-state index >= 15 is 0 Å². The van der Waals surface area contributed by atoms with E-state index in [9.17, 15) is 4.79 Å². The Bertz CT molecular complexity index is 854. The van der Waals surface area contributed by atoms with Crippen molar-refractivity contribution in [1.82, 2.24) is 19.8 Å². The Balaban J connectivity index is 1.91. The van der Waals surface area contributed by atoms with Crippen molar-refractivity contribution < 1.29 is 4.79 Å². The second kappa shape index (κ2) is 5.66. The van der Waals surface area contributed by atoms with E-state index < -0.39 is 0 Å². The van der Waals surface area contributed by atoms with Gasteiger partial charge in [-0.15, -0.1) is 15.3 Å². The van der Waals surface area contributed by atoms with E-state index in [-0.39, 0.29) is 11.8 Å². The first-order valence-corrected chi connectivity index (χ1v) is 7.95. The molecular formula is C14H14ClN5OS. The molecule has 3 aromatic rings. The largest absolute Gasteiger partial charge is 0.320 e. The molecule has 0 radical (unpaired) electrons. The van der Waals surface area contributed by atoms with E-state index in [0.717, 1.165) is 11.4 Å². The Morgan fingerprint density at radius 3 is 2.86 bits per heavy atom. The summed E-state index contributed by atoms with van der Waals surface area (Å²) < 4.78 is 1.62. The third-order valence-electron chi connectivity index (χ3n) is 3.24. The minimum Gasteiger partial charge on any atom is -0.320 e. The smallest absolute Gasteiger partial charge is 0.286 e. The van der Waals surface area contributed by atoms with Gasteiger partial charge in [0.15, 0.2) is 5.82 Å². The lowest BCUT2D eigenvalue weighted by atomic mass is 10.2. The van der Waals surface area contributed by atoms with Crippen LogP contribution < -0.4 is 5.32 Å². The van der Waals surface area contributed by atoms with Crippen LogP contribution in [0, 0.1) is 6.92 Å². The van der Waals surface area contributed by atoms with Gasteiger partial charge in [0, 0.05) is 16.6 Å². The predicted molar refractivity (Wildman–Crippen MR) is 86.9 cm³/mol. The van der Waals surface area contributed by atoms with Crippen LogP contribution in [0.15, 0.2) is 18.2 Å². The quantitative estimate of drug-likeness (QED) is 0.794. The number of hydrogen-bond acceptors (Lipinski definition) is 5. The molecule has 0 aliphatic rings. The summed E-state index contributed by atoms with van der Waals surface area (Å²) >= 11 is 7.27. The molecule has 0 unspecified atom stereocenters. The first kappa shape index (κ1) is 14.9. The molecule has 1 amide bonds. The Morgan fingerprint density at radius 1 is 1.36 bits per heavy atom. The maximum Gasteiger partial charge on any atom is 0.286 e. The van der Waals surface area contributed by atoms with Crippen LogP contribution in [0.3, 0.4) is 0 Å². The molecule has 0 aliphatic heterocycles. The van der Waals surface area contributed by atoms with Crippen LogP contribution in [0.2, 0.25) is 5.02 Å². The summed E-state index contributed by atoms with van der Waals surface area (Å²) in [6.07, 6.45) is 0. The van der Waals surface area contributed by atoms with Crippen molar-refractivity contribution >= 4 is 39.5 Å². The fourth-order valence-electron chi connectivity index (χ4n) is 2.00. The van der Waals surface area contributed by atoms with Gasteiger partial charge in [-0.05, 0) is 24.6 Å². The molecule has 8 heteroatoms. The number of nitrogens with zero attached hydrogens (tertiary/aromatic N) is 4. The van der Waals surface area contributed by atoms with E-state index in [4.69, 9.17) is 11.6 Å².